The van der Waals surface area contributed by atoms with Crippen molar-refractivity contribution in [3.63, 3.8) is 0 Å². The Morgan fingerprint density at radius 2 is 2.00 bits per heavy atom. The van der Waals surface area contributed by atoms with E-state index in [-0.39, 0.29) is 11.9 Å². The van der Waals surface area contributed by atoms with E-state index in [2.05, 4.69) is 27.9 Å². The number of piperidine rings is 1. The molecule has 0 unspecified atom stereocenters. The maximum atomic E-state index is 13.4. The van der Waals surface area contributed by atoms with Crippen molar-refractivity contribution in [2.75, 3.05) is 18.0 Å². The second-order valence-electron chi connectivity index (χ2n) is 8.59. The van der Waals surface area contributed by atoms with E-state index in [1.165, 1.54) is 16.9 Å². The van der Waals surface area contributed by atoms with Crippen LogP contribution < -0.4 is 4.90 Å². The number of anilines is 1. The van der Waals surface area contributed by atoms with Gasteiger partial charge in [-0.1, -0.05) is 6.07 Å². The van der Waals surface area contributed by atoms with Gasteiger partial charge in [-0.25, -0.2) is 15.0 Å². The van der Waals surface area contributed by atoms with Gasteiger partial charge in [-0.05, 0) is 58.1 Å². The fourth-order valence-corrected chi connectivity index (χ4v) is 5.54. The molecular weight excluding hydrogens is 420 g/mol. The maximum absolute atomic E-state index is 13.4. The van der Waals surface area contributed by atoms with Crippen LogP contribution >= 0.6 is 11.3 Å². The summed E-state index contributed by atoms with van der Waals surface area (Å²) in [6, 6.07) is 5.93. The molecule has 1 saturated heterocycles. The molecule has 0 bridgehead atoms. The summed E-state index contributed by atoms with van der Waals surface area (Å²) in [5.74, 6) is 1.83. The van der Waals surface area contributed by atoms with Gasteiger partial charge < -0.3 is 9.80 Å². The third-order valence-electron chi connectivity index (χ3n) is 6.44. The minimum atomic E-state index is -0.0969. The van der Waals surface area contributed by atoms with E-state index in [4.69, 9.17) is 9.97 Å². The highest BCUT2D eigenvalue weighted by atomic mass is 32.1. The van der Waals surface area contributed by atoms with Crippen molar-refractivity contribution in [3.8, 4) is 0 Å². The molecule has 0 saturated carbocycles. The van der Waals surface area contributed by atoms with Crippen LogP contribution in [0.25, 0.3) is 0 Å². The van der Waals surface area contributed by atoms with E-state index >= 15 is 0 Å². The van der Waals surface area contributed by atoms with Crippen molar-refractivity contribution >= 4 is 23.1 Å². The number of pyridine rings is 1. The van der Waals surface area contributed by atoms with Gasteiger partial charge in [0.05, 0.1) is 29.5 Å². The number of aryl methyl sites for hydroxylation is 2. The van der Waals surface area contributed by atoms with Gasteiger partial charge in [-0.2, -0.15) is 0 Å². The zero-order valence-electron chi connectivity index (χ0n) is 18.6. The second kappa shape index (κ2) is 8.94. The average Bonchev–Trinajstić information content (AvgIpc) is 3.25. The van der Waals surface area contributed by atoms with E-state index < -0.39 is 0 Å². The predicted molar refractivity (Wildman–Crippen MR) is 125 cm³/mol. The third kappa shape index (κ3) is 3.99. The number of likely N-dealkylation sites (tertiary alicyclic amines) is 1. The molecule has 1 amide bonds. The molecule has 8 heteroatoms. The number of hydrogen-bond donors (Lipinski definition) is 0. The smallest absolute Gasteiger partial charge is 0.266 e. The number of carbonyl (C=O) groups is 1. The summed E-state index contributed by atoms with van der Waals surface area (Å²) < 4.78 is 0. The zero-order valence-corrected chi connectivity index (χ0v) is 19.4. The predicted octanol–water partition coefficient (Wildman–Crippen LogP) is 4.27. The first kappa shape index (κ1) is 21.0. The van der Waals surface area contributed by atoms with Crippen LogP contribution in [0.15, 0.2) is 29.9 Å². The lowest BCUT2D eigenvalue weighted by atomic mass is 9.99. The van der Waals surface area contributed by atoms with Crippen LogP contribution in [0.5, 0.6) is 0 Å². The fraction of sp³-hybridized carbons (Fsp3) is 0.458. The van der Waals surface area contributed by atoms with Gasteiger partial charge in [0.2, 0.25) is 0 Å². The molecule has 2 aliphatic heterocycles. The van der Waals surface area contributed by atoms with E-state index in [0.29, 0.717) is 0 Å². The number of thiazole rings is 1. The first-order chi connectivity index (χ1) is 15.6. The number of rotatable bonds is 4. The van der Waals surface area contributed by atoms with Gasteiger partial charge in [0, 0.05) is 30.5 Å². The Hall–Kier alpha value is -2.87. The molecule has 1 fully saturated rings. The van der Waals surface area contributed by atoms with Crippen LogP contribution in [0.3, 0.4) is 0 Å². The standard InChI is InChI=1S/C24H28N6OS/c1-16-19-9-7-12-29(14-18-8-3-5-11-25-18)23(19)28-22(27-16)20-10-4-6-13-30(20)24(31)21-17(2)26-15-32-21/h3,5,8,11,15,20H,4,6-7,9-10,12-14H2,1-2H3/t20-/m0/s1. The van der Waals surface area contributed by atoms with Gasteiger partial charge in [0.25, 0.3) is 5.91 Å². The lowest BCUT2D eigenvalue weighted by molar-refractivity contribution is 0.0603. The normalized spacial score (nSPS) is 18.5. The van der Waals surface area contributed by atoms with Crippen LogP contribution in [0.1, 0.15) is 69.9 Å². The number of nitrogens with zero attached hydrogens (tertiary/aromatic N) is 6. The maximum Gasteiger partial charge on any atom is 0.266 e. The molecule has 0 aliphatic carbocycles. The largest absolute Gasteiger partial charge is 0.350 e. The van der Waals surface area contributed by atoms with Crippen LogP contribution in [0, 0.1) is 13.8 Å². The monoisotopic (exact) mass is 448 g/mol. The number of hydrogen-bond acceptors (Lipinski definition) is 7. The Bertz CT molecular complexity index is 1110. The number of carbonyl (C=O) groups excluding carboxylic acids is 1. The minimum Gasteiger partial charge on any atom is -0.350 e. The Labute approximate surface area is 192 Å². The summed E-state index contributed by atoms with van der Waals surface area (Å²) in [5.41, 5.74) is 5.84. The van der Waals surface area contributed by atoms with Crippen molar-refractivity contribution < 1.29 is 4.79 Å². The van der Waals surface area contributed by atoms with E-state index in [1.807, 2.05) is 30.2 Å². The molecule has 166 valence electrons. The number of fused-ring (bicyclic) bond motifs is 1. The van der Waals surface area contributed by atoms with Crippen LogP contribution in [-0.4, -0.2) is 43.8 Å². The summed E-state index contributed by atoms with van der Waals surface area (Å²) in [6.45, 7) is 6.40. The van der Waals surface area contributed by atoms with Crippen molar-refractivity contribution in [2.24, 2.45) is 0 Å². The SMILES string of the molecule is Cc1ncsc1C(=O)N1CCCC[C@H]1c1nc(C)c2c(n1)N(Cc1ccccn1)CCC2. The number of amides is 1. The molecule has 0 N–H and O–H groups in total. The second-order valence-corrected chi connectivity index (χ2v) is 9.45. The Kier molecular flexibility index (Phi) is 5.87. The first-order valence-corrected chi connectivity index (χ1v) is 12.2. The highest BCUT2D eigenvalue weighted by Gasteiger charge is 2.33. The third-order valence-corrected chi connectivity index (χ3v) is 7.36. The summed E-state index contributed by atoms with van der Waals surface area (Å²) >= 11 is 1.42. The molecule has 0 spiro atoms. The molecule has 3 aromatic heterocycles. The summed E-state index contributed by atoms with van der Waals surface area (Å²) in [5, 5.41) is 0. The minimum absolute atomic E-state index is 0.0546. The zero-order chi connectivity index (χ0) is 22.1. The van der Waals surface area contributed by atoms with Gasteiger partial charge >= 0.3 is 0 Å². The van der Waals surface area contributed by atoms with Gasteiger partial charge in [0.1, 0.15) is 10.7 Å². The molecule has 0 aromatic carbocycles. The molecule has 3 aromatic rings. The quantitative estimate of drug-likeness (QED) is 0.594. The van der Waals surface area contributed by atoms with E-state index in [0.717, 1.165) is 85.3 Å². The van der Waals surface area contributed by atoms with Crippen LogP contribution in [-0.2, 0) is 13.0 Å². The Morgan fingerprint density at radius 1 is 1.09 bits per heavy atom. The molecule has 1 atom stereocenters. The summed E-state index contributed by atoms with van der Waals surface area (Å²) in [7, 11) is 0. The Balaban J connectivity index is 1.49. The van der Waals surface area contributed by atoms with Gasteiger partial charge in [-0.3, -0.25) is 9.78 Å². The summed E-state index contributed by atoms with van der Waals surface area (Å²) in [4.78, 5) is 37.2. The molecule has 0 radical (unpaired) electrons. The lowest BCUT2D eigenvalue weighted by Crippen LogP contribution is -2.40. The Morgan fingerprint density at radius 3 is 2.78 bits per heavy atom. The highest BCUT2D eigenvalue weighted by Crippen LogP contribution is 2.35. The van der Waals surface area contributed by atoms with Crippen LogP contribution in [0.2, 0.25) is 0 Å². The average molecular weight is 449 g/mol. The lowest BCUT2D eigenvalue weighted by Gasteiger charge is -2.36. The van der Waals surface area contributed by atoms with Crippen molar-refractivity contribution in [2.45, 2.75) is 58.5 Å². The topological polar surface area (TPSA) is 75.1 Å². The van der Waals surface area contributed by atoms with Crippen LogP contribution in [0.4, 0.5) is 5.82 Å². The fourth-order valence-electron chi connectivity index (χ4n) is 4.78. The molecular formula is C24H28N6OS. The van der Waals surface area contributed by atoms with E-state index in [9.17, 15) is 4.79 Å². The highest BCUT2D eigenvalue weighted by molar-refractivity contribution is 7.11. The van der Waals surface area contributed by atoms with Gasteiger partial charge in [-0.15, -0.1) is 11.3 Å². The summed E-state index contributed by atoms with van der Waals surface area (Å²) in [6.07, 6.45) is 6.89. The molecule has 7 nitrogen and oxygen atoms in total. The van der Waals surface area contributed by atoms with Crippen molar-refractivity contribution in [1.29, 1.82) is 0 Å². The van der Waals surface area contributed by atoms with Gasteiger partial charge in [0.15, 0.2) is 5.82 Å². The first-order valence-electron chi connectivity index (χ1n) is 11.3. The van der Waals surface area contributed by atoms with E-state index in [1.54, 1.807) is 5.51 Å². The molecule has 32 heavy (non-hydrogen) atoms. The van der Waals surface area contributed by atoms with Crippen molar-refractivity contribution in [1.82, 2.24) is 24.8 Å². The van der Waals surface area contributed by atoms with Crippen molar-refractivity contribution in [3.05, 3.63) is 63.3 Å². The molecule has 2 aliphatic rings. The molecule has 5 heterocycles. The number of aromatic nitrogens is 4. The molecule has 5 rings (SSSR count).